The molecule has 0 spiro atoms. The fourth-order valence-electron chi connectivity index (χ4n) is 3.80. The van der Waals surface area contributed by atoms with Gasteiger partial charge in [-0.25, -0.2) is 13.6 Å². The largest absolute Gasteiger partial charge is 0.324 e. The molecule has 5 heteroatoms. The van der Waals surface area contributed by atoms with Crippen molar-refractivity contribution in [3.63, 3.8) is 0 Å². The van der Waals surface area contributed by atoms with Gasteiger partial charge in [0.05, 0.1) is 5.69 Å². The van der Waals surface area contributed by atoms with Crippen molar-refractivity contribution in [2.24, 2.45) is 17.8 Å². The van der Waals surface area contributed by atoms with Gasteiger partial charge in [-0.15, -0.1) is 0 Å². The van der Waals surface area contributed by atoms with Crippen molar-refractivity contribution in [1.29, 1.82) is 0 Å². The van der Waals surface area contributed by atoms with Crippen molar-refractivity contribution < 1.29 is 13.6 Å². The van der Waals surface area contributed by atoms with Crippen molar-refractivity contribution in [1.82, 2.24) is 4.90 Å². The minimum atomic E-state index is -0.748. The van der Waals surface area contributed by atoms with E-state index in [0.717, 1.165) is 31.4 Å². The summed E-state index contributed by atoms with van der Waals surface area (Å²) in [7, 11) is 0. The summed E-state index contributed by atoms with van der Waals surface area (Å²) in [5.74, 6) is 0.310. The minimum Gasteiger partial charge on any atom is -0.324 e. The van der Waals surface area contributed by atoms with Crippen LogP contribution in [0.15, 0.2) is 30.4 Å². The Morgan fingerprint density at radius 1 is 1.29 bits per heavy atom. The van der Waals surface area contributed by atoms with Gasteiger partial charge in [-0.05, 0) is 49.1 Å². The maximum atomic E-state index is 13.8. The smallest absolute Gasteiger partial charge is 0.321 e. The Morgan fingerprint density at radius 2 is 2.12 bits per heavy atom. The summed E-state index contributed by atoms with van der Waals surface area (Å²) < 4.78 is 26.8. The number of anilines is 1. The number of rotatable bonds is 6. The number of fused-ring (bicyclic) bond motifs is 2. The van der Waals surface area contributed by atoms with Gasteiger partial charge in [-0.3, -0.25) is 0 Å². The van der Waals surface area contributed by atoms with Crippen LogP contribution in [0.5, 0.6) is 0 Å². The molecule has 0 aliphatic heterocycles. The molecule has 3 atom stereocenters. The highest BCUT2D eigenvalue weighted by Gasteiger charge is 2.37. The molecule has 0 radical (unpaired) electrons. The third-order valence-electron chi connectivity index (χ3n) is 5.11. The van der Waals surface area contributed by atoms with Gasteiger partial charge >= 0.3 is 6.03 Å². The van der Waals surface area contributed by atoms with Crippen molar-refractivity contribution in [2.75, 3.05) is 18.4 Å². The van der Waals surface area contributed by atoms with Crippen LogP contribution in [-0.4, -0.2) is 24.0 Å². The number of carbonyl (C=O) groups is 1. The van der Waals surface area contributed by atoms with Crippen LogP contribution in [0.2, 0.25) is 0 Å². The van der Waals surface area contributed by atoms with Crippen LogP contribution in [0, 0.1) is 29.4 Å². The second-order valence-corrected chi connectivity index (χ2v) is 6.89. The minimum absolute atomic E-state index is 0.0238. The fraction of sp³-hybridized carbons (Fsp3) is 0.526. The quantitative estimate of drug-likeness (QED) is 0.744. The second kappa shape index (κ2) is 7.32. The van der Waals surface area contributed by atoms with Crippen molar-refractivity contribution in [3.05, 3.63) is 42.0 Å². The summed E-state index contributed by atoms with van der Waals surface area (Å²) >= 11 is 0. The number of nitrogens with zero attached hydrogens (tertiary/aromatic N) is 1. The predicted molar refractivity (Wildman–Crippen MR) is 90.7 cm³/mol. The highest BCUT2D eigenvalue weighted by atomic mass is 19.1. The molecule has 0 saturated heterocycles. The summed E-state index contributed by atoms with van der Waals surface area (Å²) in [6.07, 6.45) is 8.78. The van der Waals surface area contributed by atoms with Crippen LogP contribution < -0.4 is 5.32 Å². The number of hydrogen-bond donors (Lipinski definition) is 1. The van der Waals surface area contributed by atoms with E-state index in [0.29, 0.717) is 30.8 Å². The third-order valence-corrected chi connectivity index (χ3v) is 5.11. The van der Waals surface area contributed by atoms with E-state index in [9.17, 15) is 13.6 Å². The Kier molecular flexibility index (Phi) is 5.17. The predicted octanol–water partition coefficient (Wildman–Crippen LogP) is 4.81. The number of benzene rings is 1. The Hall–Kier alpha value is -1.91. The van der Waals surface area contributed by atoms with Crippen LogP contribution in [0.1, 0.15) is 32.6 Å². The van der Waals surface area contributed by atoms with E-state index in [4.69, 9.17) is 0 Å². The van der Waals surface area contributed by atoms with Gasteiger partial charge in [0.25, 0.3) is 0 Å². The third kappa shape index (κ3) is 3.77. The summed E-state index contributed by atoms with van der Waals surface area (Å²) in [5, 5.41) is 2.59. The summed E-state index contributed by atoms with van der Waals surface area (Å²) in [4.78, 5) is 14.4. The molecule has 0 aromatic heterocycles. The maximum Gasteiger partial charge on any atom is 0.321 e. The molecule has 1 saturated carbocycles. The van der Waals surface area contributed by atoms with Gasteiger partial charge in [0.15, 0.2) is 0 Å². The molecule has 1 N–H and O–H groups in total. The lowest BCUT2D eigenvalue weighted by Crippen LogP contribution is -2.40. The first-order chi connectivity index (χ1) is 11.6. The van der Waals surface area contributed by atoms with Crippen LogP contribution in [-0.2, 0) is 0 Å². The van der Waals surface area contributed by atoms with Crippen molar-refractivity contribution in [3.8, 4) is 0 Å². The van der Waals surface area contributed by atoms with E-state index in [1.54, 1.807) is 4.90 Å². The van der Waals surface area contributed by atoms with Crippen molar-refractivity contribution in [2.45, 2.75) is 32.6 Å². The van der Waals surface area contributed by atoms with Crippen LogP contribution >= 0.6 is 0 Å². The van der Waals surface area contributed by atoms with E-state index < -0.39 is 11.6 Å². The molecule has 1 aromatic carbocycles. The molecule has 1 aromatic rings. The molecule has 2 aliphatic rings. The Morgan fingerprint density at radius 3 is 2.75 bits per heavy atom. The number of halogens is 2. The van der Waals surface area contributed by atoms with Gasteiger partial charge < -0.3 is 10.2 Å². The number of urea groups is 1. The first kappa shape index (κ1) is 16.9. The lowest BCUT2D eigenvalue weighted by Gasteiger charge is -2.29. The monoisotopic (exact) mass is 334 g/mol. The lowest BCUT2D eigenvalue weighted by atomic mass is 9.93. The van der Waals surface area contributed by atoms with Crippen molar-refractivity contribution >= 4 is 11.7 Å². The Labute approximate surface area is 141 Å². The topological polar surface area (TPSA) is 32.3 Å². The Bertz CT molecular complexity index is 632. The molecule has 0 heterocycles. The standard InChI is InChI=1S/C19H24F2N2O/c1-2-3-8-23(12-15-10-13-4-5-14(15)9-13)19(24)22-18-7-6-16(20)11-17(18)21/h4-7,11,13-15H,2-3,8-10,12H2,1H3,(H,22,24). The SMILES string of the molecule is CCCCN(CC1CC2C=CC1C2)C(=O)Nc1ccc(F)cc1F. The zero-order valence-corrected chi connectivity index (χ0v) is 14.0. The van der Waals surface area contributed by atoms with Gasteiger partial charge in [0, 0.05) is 19.2 Å². The maximum absolute atomic E-state index is 13.8. The van der Waals surface area contributed by atoms with E-state index in [1.807, 2.05) is 0 Å². The summed E-state index contributed by atoms with van der Waals surface area (Å²) in [6, 6.07) is 2.89. The number of allylic oxidation sites excluding steroid dienone is 2. The van der Waals surface area contributed by atoms with Gasteiger partial charge in [0.2, 0.25) is 0 Å². The fourth-order valence-corrected chi connectivity index (χ4v) is 3.80. The number of nitrogens with one attached hydrogen (secondary N) is 1. The van der Waals surface area contributed by atoms with Gasteiger partial charge in [-0.2, -0.15) is 0 Å². The average molecular weight is 334 g/mol. The lowest BCUT2D eigenvalue weighted by molar-refractivity contribution is 0.194. The van der Waals surface area contributed by atoms with E-state index in [2.05, 4.69) is 24.4 Å². The van der Waals surface area contributed by atoms with Crippen LogP contribution in [0.3, 0.4) is 0 Å². The number of amides is 2. The zero-order valence-electron chi connectivity index (χ0n) is 14.0. The molecule has 3 rings (SSSR count). The van der Waals surface area contributed by atoms with E-state index in [-0.39, 0.29) is 11.7 Å². The first-order valence-corrected chi connectivity index (χ1v) is 8.76. The molecule has 3 nitrogen and oxygen atoms in total. The normalized spacial score (nSPS) is 24.4. The molecule has 3 unspecified atom stereocenters. The first-order valence-electron chi connectivity index (χ1n) is 8.76. The van der Waals surface area contributed by atoms with Gasteiger partial charge in [0.1, 0.15) is 11.6 Å². The van der Waals surface area contributed by atoms with E-state index in [1.165, 1.54) is 12.5 Å². The van der Waals surface area contributed by atoms with E-state index >= 15 is 0 Å². The average Bonchev–Trinajstić information content (AvgIpc) is 3.16. The molecule has 2 aliphatic carbocycles. The molecule has 130 valence electrons. The van der Waals surface area contributed by atoms with Gasteiger partial charge in [-0.1, -0.05) is 25.5 Å². The highest BCUT2D eigenvalue weighted by Crippen LogP contribution is 2.43. The Balaban J connectivity index is 1.65. The summed E-state index contributed by atoms with van der Waals surface area (Å²) in [5.41, 5.74) is 0.0238. The van der Waals surface area contributed by atoms with Crippen LogP contribution in [0.25, 0.3) is 0 Å². The summed E-state index contributed by atoms with van der Waals surface area (Å²) in [6.45, 7) is 3.43. The number of hydrogen-bond acceptors (Lipinski definition) is 1. The molecule has 24 heavy (non-hydrogen) atoms. The molecule has 2 bridgehead atoms. The van der Waals surface area contributed by atoms with Crippen LogP contribution in [0.4, 0.5) is 19.3 Å². The number of unbranched alkanes of at least 4 members (excludes halogenated alkanes) is 1. The molecule has 1 fully saturated rings. The highest BCUT2D eigenvalue weighted by molar-refractivity contribution is 5.89. The molecular weight excluding hydrogens is 310 g/mol. The zero-order chi connectivity index (χ0) is 17.1. The molecular formula is C19H24F2N2O. The second-order valence-electron chi connectivity index (χ2n) is 6.89. The molecule has 2 amide bonds. The number of carbonyl (C=O) groups excluding carboxylic acids is 1.